The summed E-state index contributed by atoms with van der Waals surface area (Å²) in [6, 6.07) is 14.7. The third-order valence-corrected chi connectivity index (χ3v) is 6.15. The molecule has 138 valence electrons. The molecule has 2 nitrogen and oxygen atoms in total. The highest BCUT2D eigenvalue weighted by Crippen LogP contribution is 2.26. The maximum absolute atomic E-state index is 12.4. The number of carbonyl (C=O) groups is 1. The van der Waals surface area contributed by atoms with E-state index in [0.717, 1.165) is 22.8 Å². The number of carbonyl (C=O) groups excluding carboxylic acids is 1. The molecule has 2 aromatic rings. The van der Waals surface area contributed by atoms with Crippen molar-refractivity contribution in [2.45, 2.75) is 50.8 Å². The molecule has 3 rings (SSSR count). The Morgan fingerprint density at radius 2 is 1.96 bits per heavy atom. The van der Waals surface area contributed by atoms with Crippen molar-refractivity contribution < 1.29 is 4.79 Å². The lowest BCUT2D eigenvalue weighted by Gasteiger charge is -2.21. The average molecular weight is 388 g/mol. The van der Waals surface area contributed by atoms with E-state index in [0.29, 0.717) is 5.75 Å². The van der Waals surface area contributed by atoms with E-state index in [4.69, 9.17) is 11.6 Å². The largest absolute Gasteiger partial charge is 0.349 e. The predicted molar refractivity (Wildman–Crippen MR) is 112 cm³/mol. The Bertz CT molecular complexity index is 762. The van der Waals surface area contributed by atoms with Crippen LogP contribution in [-0.4, -0.2) is 11.7 Å². The van der Waals surface area contributed by atoms with Crippen molar-refractivity contribution in [1.82, 2.24) is 5.32 Å². The average Bonchev–Trinajstić information content (AvgIpc) is 2.66. The molecule has 1 unspecified atom stereocenters. The Kier molecular flexibility index (Phi) is 7.04. The number of fused-ring (bicyclic) bond motifs is 1. The monoisotopic (exact) mass is 387 g/mol. The Hall–Kier alpha value is -1.45. The molecule has 1 N–H and O–H groups in total. The van der Waals surface area contributed by atoms with E-state index in [1.165, 1.54) is 42.4 Å². The van der Waals surface area contributed by atoms with Gasteiger partial charge in [0.1, 0.15) is 0 Å². The number of amides is 1. The highest BCUT2D eigenvalue weighted by molar-refractivity contribution is 7.99. The van der Waals surface area contributed by atoms with Gasteiger partial charge in [0.25, 0.3) is 0 Å². The van der Waals surface area contributed by atoms with Crippen LogP contribution >= 0.6 is 23.4 Å². The van der Waals surface area contributed by atoms with Crippen LogP contribution in [0.15, 0.2) is 42.5 Å². The number of rotatable bonds is 7. The summed E-state index contributed by atoms with van der Waals surface area (Å²) in [5, 5.41) is 3.94. The van der Waals surface area contributed by atoms with Crippen LogP contribution in [0, 0.1) is 0 Å². The number of thioether (sulfide) groups is 1. The highest BCUT2D eigenvalue weighted by atomic mass is 35.5. The molecule has 0 aromatic heterocycles. The molecular formula is C22H26ClNOS. The summed E-state index contributed by atoms with van der Waals surface area (Å²) in [6.07, 6.45) is 5.84. The second kappa shape index (κ2) is 9.48. The molecule has 1 aliphatic rings. The smallest absolute Gasteiger partial charge is 0.230 e. The quantitative estimate of drug-likeness (QED) is 0.658. The van der Waals surface area contributed by atoms with Gasteiger partial charge >= 0.3 is 0 Å². The van der Waals surface area contributed by atoms with Crippen molar-refractivity contribution >= 4 is 29.3 Å². The van der Waals surface area contributed by atoms with Crippen molar-refractivity contribution in [1.29, 1.82) is 0 Å². The van der Waals surface area contributed by atoms with Crippen LogP contribution in [-0.2, 0) is 23.4 Å². The first-order valence-electron chi connectivity index (χ1n) is 9.39. The van der Waals surface area contributed by atoms with Gasteiger partial charge in [-0.2, -0.15) is 0 Å². The fourth-order valence-electron chi connectivity index (χ4n) is 3.52. The molecule has 0 saturated heterocycles. The van der Waals surface area contributed by atoms with Gasteiger partial charge in [-0.15, -0.1) is 11.8 Å². The van der Waals surface area contributed by atoms with E-state index in [9.17, 15) is 4.79 Å². The fourth-order valence-corrected chi connectivity index (χ4v) is 4.51. The topological polar surface area (TPSA) is 29.1 Å². The van der Waals surface area contributed by atoms with Crippen molar-refractivity contribution in [3.05, 3.63) is 69.7 Å². The fraction of sp³-hybridized carbons (Fsp3) is 0.409. The SMILES string of the molecule is CCC(NC(=O)CSCc1cccc(Cl)c1)c1ccc2c(c1)CCCC2. The zero-order valence-electron chi connectivity index (χ0n) is 15.3. The van der Waals surface area contributed by atoms with E-state index < -0.39 is 0 Å². The lowest BCUT2D eigenvalue weighted by atomic mass is 9.89. The van der Waals surface area contributed by atoms with Gasteiger partial charge in [-0.1, -0.05) is 48.9 Å². The molecule has 1 amide bonds. The van der Waals surface area contributed by atoms with Gasteiger partial charge in [-0.05, 0) is 66.5 Å². The number of nitrogens with one attached hydrogen (secondary N) is 1. The minimum atomic E-state index is 0.0986. The molecule has 4 heteroatoms. The summed E-state index contributed by atoms with van der Waals surface area (Å²) < 4.78 is 0. The van der Waals surface area contributed by atoms with E-state index >= 15 is 0 Å². The Balaban J connectivity index is 1.53. The predicted octanol–water partition coefficient (Wildman–Crippen LogP) is 5.72. The summed E-state index contributed by atoms with van der Waals surface area (Å²) >= 11 is 7.63. The summed E-state index contributed by atoms with van der Waals surface area (Å²) in [4.78, 5) is 12.4. The zero-order chi connectivity index (χ0) is 18.4. The van der Waals surface area contributed by atoms with E-state index in [1.807, 2.05) is 24.3 Å². The maximum Gasteiger partial charge on any atom is 0.230 e. The second-order valence-electron chi connectivity index (χ2n) is 6.89. The number of aryl methyl sites for hydroxylation is 2. The number of hydrogen-bond acceptors (Lipinski definition) is 2. The molecule has 0 saturated carbocycles. The van der Waals surface area contributed by atoms with Gasteiger partial charge < -0.3 is 5.32 Å². The van der Waals surface area contributed by atoms with Gasteiger partial charge in [0.05, 0.1) is 11.8 Å². The number of hydrogen-bond donors (Lipinski definition) is 1. The van der Waals surface area contributed by atoms with Gasteiger partial charge in [-0.3, -0.25) is 4.79 Å². The summed E-state index contributed by atoms with van der Waals surface area (Å²) in [5.41, 5.74) is 5.34. The highest BCUT2D eigenvalue weighted by Gasteiger charge is 2.16. The summed E-state index contributed by atoms with van der Waals surface area (Å²) in [6.45, 7) is 2.13. The normalized spacial score (nSPS) is 14.5. The van der Waals surface area contributed by atoms with Crippen LogP contribution in [0.5, 0.6) is 0 Å². The van der Waals surface area contributed by atoms with Crippen LogP contribution in [0.4, 0.5) is 0 Å². The van der Waals surface area contributed by atoms with E-state index in [2.05, 4.69) is 30.4 Å². The van der Waals surface area contributed by atoms with Crippen LogP contribution in [0.25, 0.3) is 0 Å². The van der Waals surface area contributed by atoms with Crippen molar-refractivity contribution in [3.63, 3.8) is 0 Å². The summed E-state index contributed by atoms with van der Waals surface area (Å²) in [7, 11) is 0. The first-order valence-corrected chi connectivity index (χ1v) is 10.9. The van der Waals surface area contributed by atoms with Crippen LogP contribution in [0.3, 0.4) is 0 Å². The lowest BCUT2D eigenvalue weighted by molar-refractivity contribution is -0.119. The Labute approximate surface area is 165 Å². The molecule has 0 aliphatic heterocycles. The minimum Gasteiger partial charge on any atom is -0.349 e. The van der Waals surface area contributed by atoms with E-state index in [1.54, 1.807) is 11.8 Å². The Morgan fingerprint density at radius 1 is 1.15 bits per heavy atom. The van der Waals surface area contributed by atoms with Gasteiger partial charge in [0.15, 0.2) is 0 Å². The third-order valence-electron chi connectivity index (χ3n) is 4.91. The van der Waals surface area contributed by atoms with E-state index in [-0.39, 0.29) is 11.9 Å². The molecule has 0 radical (unpaired) electrons. The third kappa shape index (κ3) is 5.28. The molecule has 26 heavy (non-hydrogen) atoms. The van der Waals surface area contributed by atoms with Gasteiger partial charge in [0, 0.05) is 10.8 Å². The Morgan fingerprint density at radius 3 is 2.73 bits per heavy atom. The minimum absolute atomic E-state index is 0.0986. The molecule has 0 spiro atoms. The van der Waals surface area contributed by atoms with Crippen LogP contribution < -0.4 is 5.32 Å². The lowest BCUT2D eigenvalue weighted by Crippen LogP contribution is -2.29. The van der Waals surface area contributed by atoms with Crippen LogP contribution in [0.2, 0.25) is 5.02 Å². The number of halogens is 1. The molecule has 0 heterocycles. The molecule has 0 fully saturated rings. The molecule has 0 bridgehead atoms. The standard InChI is InChI=1S/C22H26ClNOS/c1-2-21(19-11-10-17-7-3-4-8-18(17)13-19)24-22(25)15-26-14-16-6-5-9-20(23)12-16/h5-6,9-13,21H,2-4,7-8,14-15H2,1H3,(H,24,25). The maximum atomic E-state index is 12.4. The van der Waals surface area contributed by atoms with Gasteiger partial charge in [0.2, 0.25) is 5.91 Å². The zero-order valence-corrected chi connectivity index (χ0v) is 16.8. The molecule has 1 aliphatic carbocycles. The van der Waals surface area contributed by atoms with Crippen molar-refractivity contribution in [2.24, 2.45) is 0 Å². The van der Waals surface area contributed by atoms with Crippen molar-refractivity contribution in [2.75, 3.05) is 5.75 Å². The second-order valence-corrected chi connectivity index (χ2v) is 8.31. The molecule has 1 atom stereocenters. The van der Waals surface area contributed by atoms with Crippen molar-refractivity contribution in [3.8, 4) is 0 Å². The molecular weight excluding hydrogens is 362 g/mol. The first kappa shape index (κ1) is 19.3. The van der Waals surface area contributed by atoms with Crippen LogP contribution in [0.1, 0.15) is 54.5 Å². The first-order chi connectivity index (χ1) is 12.7. The van der Waals surface area contributed by atoms with Gasteiger partial charge in [-0.25, -0.2) is 0 Å². The number of benzene rings is 2. The summed E-state index contributed by atoms with van der Waals surface area (Å²) in [5.74, 6) is 1.36. The molecule has 2 aromatic carbocycles.